The summed E-state index contributed by atoms with van der Waals surface area (Å²) in [4.78, 5) is 12.8. The van der Waals surface area contributed by atoms with Crippen LogP contribution in [0.4, 0.5) is 0 Å². The van der Waals surface area contributed by atoms with Crippen LogP contribution in [0.5, 0.6) is 0 Å². The van der Waals surface area contributed by atoms with Gasteiger partial charge < -0.3 is 0 Å². The van der Waals surface area contributed by atoms with Gasteiger partial charge in [0.05, 0.1) is 0 Å². The summed E-state index contributed by atoms with van der Waals surface area (Å²) in [6.07, 6.45) is 14.7. The van der Waals surface area contributed by atoms with Gasteiger partial charge in [0.2, 0.25) is 0 Å². The highest BCUT2D eigenvalue weighted by atomic mass is 32.1. The van der Waals surface area contributed by atoms with Crippen LogP contribution in [0.3, 0.4) is 0 Å². The van der Waals surface area contributed by atoms with Crippen LogP contribution in [0.1, 0.15) is 76.7 Å². The van der Waals surface area contributed by atoms with E-state index in [0.717, 1.165) is 21.9 Å². The van der Waals surface area contributed by atoms with Crippen LogP contribution in [-0.4, -0.2) is 0 Å². The van der Waals surface area contributed by atoms with Gasteiger partial charge in [-0.2, -0.15) is 0 Å². The van der Waals surface area contributed by atoms with Crippen LogP contribution in [0, 0.1) is 0 Å². The quantitative estimate of drug-likeness (QED) is 0.244. The van der Waals surface area contributed by atoms with Crippen molar-refractivity contribution in [1.82, 2.24) is 0 Å². The standard InChI is InChI=1S/C25H32OS/c1-2-3-4-5-6-7-8-9-10-11-15-20-16-14-18-22-24(26)21-17-12-13-19-23(21)27-25(20)22/h12-14,16-19H,2-11,15H2,1H3. The van der Waals surface area contributed by atoms with E-state index in [1.807, 2.05) is 24.3 Å². The Labute approximate surface area is 167 Å². The minimum atomic E-state index is 0.185. The smallest absolute Gasteiger partial charge is 0.195 e. The maximum atomic E-state index is 12.8. The van der Waals surface area contributed by atoms with Gasteiger partial charge in [-0.15, -0.1) is 11.3 Å². The predicted octanol–water partition coefficient (Wildman–Crippen LogP) is 7.88. The lowest BCUT2D eigenvalue weighted by molar-refractivity contribution is 0.556. The zero-order valence-corrected chi connectivity index (χ0v) is 17.5. The molecule has 0 N–H and O–H groups in total. The average Bonchev–Trinajstić information content (AvgIpc) is 2.70. The summed E-state index contributed by atoms with van der Waals surface area (Å²) in [7, 11) is 0. The fraction of sp³-hybridized carbons (Fsp3) is 0.480. The molecule has 0 bridgehead atoms. The minimum absolute atomic E-state index is 0.185. The first-order chi connectivity index (χ1) is 13.3. The molecular formula is C25H32OS. The van der Waals surface area contributed by atoms with Crippen LogP contribution >= 0.6 is 11.3 Å². The van der Waals surface area contributed by atoms with Gasteiger partial charge in [0.25, 0.3) is 0 Å². The van der Waals surface area contributed by atoms with E-state index in [0.29, 0.717) is 0 Å². The van der Waals surface area contributed by atoms with E-state index >= 15 is 0 Å². The molecule has 0 amide bonds. The third-order valence-electron chi connectivity index (χ3n) is 5.48. The normalized spacial score (nSPS) is 11.4. The molecular weight excluding hydrogens is 348 g/mol. The zero-order valence-electron chi connectivity index (χ0n) is 16.6. The first-order valence-corrected chi connectivity index (χ1v) is 11.6. The molecule has 0 unspecified atom stereocenters. The Bertz CT molecular complexity index is 909. The number of unbranched alkanes of at least 4 members (excludes halogenated alkanes) is 9. The van der Waals surface area contributed by atoms with Crippen molar-refractivity contribution in [1.29, 1.82) is 0 Å². The summed E-state index contributed by atoms with van der Waals surface area (Å²) in [5.74, 6) is 0. The van der Waals surface area contributed by atoms with Gasteiger partial charge in [0.1, 0.15) is 0 Å². The van der Waals surface area contributed by atoms with Crippen molar-refractivity contribution in [2.75, 3.05) is 0 Å². The molecule has 2 aromatic carbocycles. The number of hydrogen-bond donors (Lipinski definition) is 0. The topological polar surface area (TPSA) is 17.1 Å². The molecule has 3 aromatic rings. The van der Waals surface area contributed by atoms with E-state index in [9.17, 15) is 4.79 Å². The van der Waals surface area contributed by atoms with E-state index in [4.69, 9.17) is 0 Å². The maximum Gasteiger partial charge on any atom is 0.195 e. The largest absolute Gasteiger partial charge is 0.289 e. The summed E-state index contributed by atoms with van der Waals surface area (Å²) in [5.41, 5.74) is 1.53. The lowest BCUT2D eigenvalue weighted by atomic mass is 10.0. The molecule has 1 aromatic heterocycles. The van der Waals surface area contributed by atoms with E-state index in [1.165, 1.54) is 74.5 Å². The van der Waals surface area contributed by atoms with E-state index in [2.05, 4.69) is 25.1 Å². The van der Waals surface area contributed by atoms with E-state index in [1.54, 1.807) is 11.3 Å². The maximum absolute atomic E-state index is 12.8. The highest BCUT2D eigenvalue weighted by molar-refractivity contribution is 7.24. The van der Waals surface area contributed by atoms with Crippen LogP contribution in [-0.2, 0) is 6.42 Å². The van der Waals surface area contributed by atoms with E-state index < -0.39 is 0 Å². The average molecular weight is 381 g/mol. The molecule has 0 saturated heterocycles. The van der Waals surface area contributed by atoms with Gasteiger partial charge in [-0.25, -0.2) is 0 Å². The second-order valence-electron chi connectivity index (χ2n) is 7.65. The van der Waals surface area contributed by atoms with Crippen LogP contribution < -0.4 is 5.43 Å². The fourth-order valence-corrected chi connectivity index (χ4v) is 5.09. The van der Waals surface area contributed by atoms with Gasteiger partial charge in [-0.05, 0) is 36.6 Å². The zero-order chi connectivity index (χ0) is 18.9. The third kappa shape index (κ3) is 5.42. The van der Waals surface area contributed by atoms with Crippen LogP contribution in [0.25, 0.3) is 20.2 Å². The van der Waals surface area contributed by atoms with Gasteiger partial charge >= 0.3 is 0 Å². The molecule has 0 saturated carbocycles. The Kier molecular flexibility index (Phi) is 7.89. The number of fused-ring (bicyclic) bond motifs is 2. The van der Waals surface area contributed by atoms with Gasteiger partial charge in [0.15, 0.2) is 5.43 Å². The van der Waals surface area contributed by atoms with Gasteiger partial charge in [-0.3, -0.25) is 4.79 Å². The molecule has 2 heteroatoms. The Morgan fingerprint density at radius 3 is 2.07 bits per heavy atom. The highest BCUT2D eigenvalue weighted by Gasteiger charge is 2.08. The SMILES string of the molecule is CCCCCCCCCCCCc1cccc2c(=O)c3ccccc3sc12. The van der Waals surface area contributed by atoms with Crippen molar-refractivity contribution in [3.05, 3.63) is 58.3 Å². The minimum Gasteiger partial charge on any atom is -0.289 e. The lowest BCUT2D eigenvalue weighted by Crippen LogP contribution is -2.02. The number of hydrogen-bond acceptors (Lipinski definition) is 2. The first-order valence-electron chi connectivity index (χ1n) is 10.7. The third-order valence-corrected chi connectivity index (χ3v) is 6.75. The van der Waals surface area contributed by atoms with E-state index in [-0.39, 0.29) is 5.43 Å². The van der Waals surface area contributed by atoms with Crippen LogP contribution in [0.15, 0.2) is 47.3 Å². The molecule has 0 aliphatic heterocycles. The van der Waals surface area contributed by atoms with Crippen LogP contribution in [0.2, 0.25) is 0 Å². The molecule has 0 radical (unpaired) electrons. The van der Waals surface area contributed by atoms with Crippen molar-refractivity contribution in [3.8, 4) is 0 Å². The highest BCUT2D eigenvalue weighted by Crippen LogP contribution is 2.28. The molecule has 0 aliphatic carbocycles. The molecule has 144 valence electrons. The number of benzene rings is 2. The fourth-order valence-electron chi connectivity index (χ4n) is 3.88. The summed E-state index contributed by atoms with van der Waals surface area (Å²) in [5, 5.41) is 1.74. The van der Waals surface area contributed by atoms with Gasteiger partial charge in [0, 0.05) is 20.2 Å². The summed E-state index contributed by atoms with van der Waals surface area (Å²) in [6.45, 7) is 2.27. The molecule has 1 nitrogen and oxygen atoms in total. The Morgan fingerprint density at radius 2 is 1.33 bits per heavy atom. The monoisotopic (exact) mass is 380 g/mol. The number of aryl methyl sites for hydroxylation is 1. The van der Waals surface area contributed by atoms with Crippen molar-refractivity contribution in [2.24, 2.45) is 0 Å². The molecule has 1 heterocycles. The Morgan fingerprint density at radius 1 is 0.704 bits per heavy atom. The molecule has 3 rings (SSSR count). The van der Waals surface area contributed by atoms with Crippen molar-refractivity contribution >= 4 is 31.5 Å². The molecule has 0 atom stereocenters. The second-order valence-corrected chi connectivity index (χ2v) is 8.71. The summed E-state index contributed by atoms with van der Waals surface area (Å²) < 4.78 is 2.29. The van der Waals surface area contributed by atoms with Crippen molar-refractivity contribution in [2.45, 2.75) is 77.6 Å². The molecule has 0 fully saturated rings. The number of rotatable bonds is 11. The lowest BCUT2D eigenvalue weighted by Gasteiger charge is -2.07. The first kappa shape index (κ1) is 20.1. The Balaban J connectivity index is 1.53. The summed E-state index contributed by atoms with van der Waals surface area (Å²) >= 11 is 1.77. The predicted molar refractivity (Wildman–Crippen MR) is 121 cm³/mol. The van der Waals surface area contributed by atoms with Gasteiger partial charge in [-0.1, -0.05) is 89.0 Å². The van der Waals surface area contributed by atoms with Crippen molar-refractivity contribution < 1.29 is 0 Å². The van der Waals surface area contributed by atoms with Crippen molar-refractivity contribution in [3.63, 3.8) is 0 Å². The molecule has 0 spiro atoms. The second kappa shape index (κ2) is 10.6. The molecule has 0 aliphatic rings. The molecule has 27 heavy (non-hydrogen) atoms. The Hall–Kier alpha value is -1.67. The summed E-state index contributed by atoms with van der Waals surface area (Å²) in [6, 6.07) is 14.2.